The summed E-state index contributed by atoms with van der Waals surface area (Å²) in [5, 5.41) is 8.51. The van der Waals surface area contributed by atoms with Gasteiger partial charge in [-0.15, -0.1) is 0 Å². The molecule has 0 aliphatic carbocycles. The molecule has 0 fully saturated rings. The minimum atomic E-state index is -0.222. The van der Waals surface area contributed by atoms with E-state index < -0.39 is 0 Å². The molecular weight excluding hydrogens is 176 g/mol. The number of nitrogens with two attached hydrogens (primary N) is 1. The van der Waals surface area contributed by atoms with Gasteiger partial charge >= 0.3 is 0 Å². The number of ether oxygens (including phenoxy) is 1. The Balaban J connectivity index is 2.78. The van der Waals surface area contributed by atoms with E-state index in [0.717, 1.165) is 11.3 Å². The van der Waals surface area contributed by atoms with Crippen molar-refractivity contribution in [3.8, 4) is 11.8 Å². The minimum Gasteiger partial charge on any atom is -0.494 e. The van der Waals surface area contributed by atoms with Gasteiger partial charge in [-0.2, -0.15) is 5.26 Å². The molecule has 0 radical (unpaired) electrons. The van der Waals surface area contributed by atoms with Crippen molar-refractivity contribution in [1.82, 2.24) is 0 Å². The second kappa shape index (κ2) is 5.25. The van der Waals surface area contributed by atoms with Crippen LogP contribution >= 0.6 is 0 Å². The molecule has 2 N–H and O–H groups in total. The molecule has 0 heterocycles. The largest absolute Gasteiger partial charge is 0.494 e. The van der Waals surface area contributed by atoms with Crippen LogP contribution in [0, 0.1) is 11.3 Å². The summed E-state index contributed by atoms with van der Waals surface area (Å²) in [6, 6.07) is 9.38. The maximum Gasteiger partial charge on any atom is 0.119 e. The first-order valence-corrected chi connectivity index (χ1v) is 4.63. The van der Waals surface area contributed by atoms with Gasteiger partial charge in [0, 0.05) is 6.04 Å². The molecule has 1 aromatic rings. The van der Waals surface area contributed by atoms with Crippen molar-refractivity contribution in [3.63, 3.8) is 0 Å². The summed E-state index contributed by atoms with van der Waals surface area (Å²) in [5.74, 6) is 0.804. The van der Waals surface area contributed by atoms with Crippen molar-refractivity contribution in [2.45, 2.75) is 19.4 Å². The van der Waals surface area contributed by atoms with Crippen LogP contribution in [0.2, 0.25) is 0 Å². The lowest BCUT2D eigenvalue weighted by atomic mass is 10.1. The fraction of sp³-hybridized carbons (Fsp3) is 0.364. The van der Waals surface area contributed by atoms with Gasteiger partial charge in [0.25, 0.3) is 0 Å². The van der Waals surface area contributed by atoms with Gasteiger partial charge < -0.3 is 10.5 Å². The second-order valence-electron chi connectivity index (χ2n) is 2.97. The average molecular weight is 190 g/mol. The summed E-state index contributed by atoms with van der Waals surface area (Å²) in [5.41, 5.74) is 6.73. The Bertz CT molecular complexity index is 330. The molecule has 0 aliphatic heterocycles. The number of hydrogen-bond acceptors (Lipinski definition) is 3. The Morgan fingerprint density at radius 3 is 3.00 bits per heavy atom. The van der Waals surface area contributed by atoms with E-state index in [0.29, 0.717) is 13.0 Å². The molecule has 0 saturated heterocycles. The Kier molecular flexibility index (Phi) is 3.96. The van der Waals surface area contributed by atoms with E-state index in [4.69, 9.17) is 15.7 Å². The Morgan fingerprint density at radius 2 is 2.36 bits per heavy atom. The van der Waals surface area contributed by atoms with E-state index in [1.807, 2.05) is 31.2 Å². The summed E-state index contributed by atoms with van der Waals surface area (Å²) in [4.78, 5) is 0. The van der Waals surface area contributed by atoms with Gasteiger partial charge in [-0.25, -0.2) is 0 Å². The molecule has 1 atom stereocenters. The van der Waals surface area contributed by atoms with Gasteiger partial charge in [0.15, 0.2) is 0 Å². The Labute approximate surface area is 84.1 Å². The second-order valence-corrected chi connectivity index (χ2v) is 2.97. The summed E-state index contributed by atoms with van der Waals surface area (Å²) in [6.45, 7) is 2.57. The van der Waals surface area contributed by atoms with Crippen molar-refractivity contribution in [1.29, 1.82) is 5.26 Å². The number of rotatable bonds is 4. The fourth-order valence-electron chi connectivity index (χ4n) is 1.22. The van der Waals surface area contributed by atoms with Crippen LogP contribution in [-0.2, 0) is 0 Å². The molecule has 0 saturated carbocycles. The summed E-state index contributed by atoms with van der Waals surface area (Å²) >= 11 is 0. The molecular formula is C11H14N2O. The topological polar surface area (TPSA) is 59.0 Å². The van der Waals surface area contributed by atoms with Gasteiger partial charge in [-0.1, -0.05) is 12.1 Å². The van der Waals surface area contributed by atoms with E-state index in [-0.39, 0.29) is 6.04 Å². The summed E-state index contributed by atoms with van der Waals surface area (Å²) < 4.78 is 5.34. The first kappa shape index (κ1) is 10.6. The van der Waals surface area contributed by atoms with Gasteiger partial charge in [0.05, 0.1) is 19.1 Å². The highest BCUT2D eigenvalue weighted by atomic mass is 16.5. The zero-order valence-corrected chi connectivity index (χ0v) is 8.23. The number of benzene rings is 1. The standard InChI is InChI=1S/C11H14N2O/c1-2-14-10-5-3-4-9(8-10)11(13)6-7-12/h3-5,8,11H,2,6,13H2,1H3/t11-/m1/s1. The van der Waals surface area contributed by atoms with Crippen molar-refractivity contribution in [2.75, 3.05) is 6.61 Å². The lowest BCUT2D eigenvalue weighted by Gasteiger charge is -2.09. The third-order valence-electron chi connectivity index (χ3n) is 1.91. The maximum absolute atomic E-state index is 8.51. The SMILES string of the molecule is CCOc1cccc([C@H](N)CC#N)c1. The maximum atomic E-state index is 8.51. The van der Waals surface area contributed by atoms with E-state index in [1.165, 1.54) is 0 Å². The van der Waals surface area contributed by atoms with Crippen molar-refractivity contribution < 1.29 is 4.74 Å². The van der Waals surface area contributed by atoms with E-state index in [2.05, 4.69) is 6.07 Å². The lowest BCUT2D eigenvalue weighted by molar-refractivity contribution is 0.339. The van der Waals surface area contributed by atoms with Gasteiger partial charge in [-0.3, -0.25) is 0 Å². The van der Waals surface area contributed by atoms with Crippen LogP contribution in [-0.4, -0.2) is 6.61 Å². The number of hydrogen-bond donors (Lipinski definition) is 1. The first-order chi connectivity index (χ1) is 6.77. The van der Waals surface area contributed by atoms with Crippen LogP contribution < -0.4 is 10.5 Å². The predicted molar refractivity (Wildman–Crippen MR) is 54.8 cm³/mol. The highest BCUT2D eigenvalue weighted by molar-refractivity contribution is 5.30. The van der Waals surface area contributed by atoms with Crippen LogP contribution in [0.4, 0.5) is 0 Å². The van der Waals surface area contributed by atoms with Crippen molar-refractivity contribution in [2.24, 2.45) is 5.73 Å². The fourth-order valence-corrected chi connectivity index (χ4v) is 1.22. The van der Waals surface area contributed by atoms with Crippen molar-refractivity contribution in [3.05, 3.63) is 29.8 Å². The first-order valence-electron chi connectivity index (χ1n) is 4.63. The summed E-state index contributed by atoms with van der Waals surface area (Å²) in [7, 11) is 0. The molecule has 1 rings (SSSR count). The molecule has 74 valence electrons. The molecule has 14 heavy (non-hydrogen) atoms. The van der Waals surface area contributed by atoms with E-state index in [9.17, 15) is 0 Å². The van der Waals surface area contributed by atoms with Crippen LogP contribution in [0.5, 0.6) is 5.75 Å². The Morgan fingerprint density at radius 1 is 1.57 bits per heavy atom. The number of nitriles is 1. The molecule has 1 aromatic carbocycles. The normalized spacial score (nSPS) is 11.8. The van der Waals surface area contributed by atoms with E-state index in [1.54, 1.807) is 0 Å². The van der Waals surface area contributed by atoms with Crippen LogP contribution in [0.3, 0.4) is 0 Å². The van der Waals surface area contributed by atoms with Crippen LogP contribution in [0.1, 0.15) is 24.9 Å². The highest BCUT2D eigenvalue weighted by Gasteiger charge is 2.05. The third-order valence-corrected chi connectivity index (χ3v) is 1.91. The molecule has 0 spiro atoms. The molecule has 0 aromatic heterocycles. The molecule has 3 heteroatoms. The Hall–Kier alpha value is -1.53. The average Bonchev–Trinajstić information content (AvgIpc) is 2.19. The lowest BCUT2D eigenvalue weighted by Crippen LogP contribution is -2.09. The van der Waals surface area contributed by atoms with E-state index >= 15 is 0 Å². The zero-order valence-electron chi connectivity index (χ0n) is 8.23. The monoisotopic (exact) mass is 190 g/mol. The van der Waals surface area contributed by atoms with Crippen LogP contribution in [0.25, 0.3) is 0 Å². The smallest absolute Gasteiger partial charge is 0.119 e. The molecule has 3 nitrogen and oxygen atoms in total. The van der Waals surface area contributed by atoms with Gasteiger partial charge in [-0.05, 0) is 24.6 Å². The van der Waals surface area contributed by atoms with Crippen LogP contribution in [0.15, 0.2) is 24.3 Å². The molecule has 0 amide bonds. The predicted octanol–water partition coefficient (Wildman–Crippen LogP) is 2.00. The van der Waals surface area contributed by atoms with Gasteiger partial charge in [0.1, 0.15) is 5.75 Å². The van der Waals surface area contributed by atoms with Crippen molar-refractivity contribution >= 4 is 0 Å². The minimum absolute atomic E-state index is 0.222. The molecule has 0 aliphatic rings. The summed E-state index contributed by atoms with van der Waals surface area (Å²) in [6.07, 6.45) is 0.329. The third kappa shape index (κ3) is 2.75. The molecule has 0 unspecified atom stereocenters. The zero-order chi connectivity index (χ0) is 10.4. The highest BCUT2D eigenvalue weighted by Crippen LogP contribution is 2.19. The number of nitrogens with zero attached hydrogens (tertiary/aromatic N) is 1. The quantitative estimate of drug-likeness (QED) is 0.789. The molecule has 0 bridgehead atoms. The van der Waals surface area contributed by atoms with Gasteiger partial charge in [0.2, 0.25) is 0 Å².